The molecule has 0 aromatic heterocycles. The highest BCUT2D eigenvalue weighted by molar-refractivity contribution is 5.73. The normalized spacial score (nSPS) is 13.2. The van der Waals surface area contributed by atoms with Crippen molar-refractivity contribution in [3.05, 3.63) is 0 Å². The molecule has 0 spiro atoms. The highest BCUT2D eigenvalue weighted by Gasteiger charge is 1.96. The van der Waals surface area contributed by atoms with E-state index in [1.54, 1.807) is 0 Å². The lowest BCUT2D eigenvalue weighted by Gasteiger charge is -1.99. The predicted molar refractivity (Wildman–Crippen MR) is 32.1 cm³/mol. The van der Waals surface area contributed by atoms with Crippen molar-refractivity contribution in [2.45, 2.75) is 25.8 Å². The van der Waals surface area contributed by atoms with Crippen LogP contribution in [-0.2, 0) is 4.79 Å². The van der Waals surface area contributed by atoms with Crippen molar-refractivity contribution < 1.29 is 4.79 Å². The van der Waals surface area contributed by atoms with Crippen LogP contribution in [0.25, 0.3) is 0 Å². The average molecular weight is 116 g/mol. The summed E-state index contributed by atoms with van der Waals surface area (Å²) in [4.78, 5) is 10.1. The second-order valence-electron chi connectivity index (χ2n) is 1.98. The third-order valence-electron chi connectivity index (χ3n) is 0.846. The molecule has 0 aliphatic heterocycles. The van der Waals surface area contributed by atoms with Gasteiger partial charge in [0.2, 0.25) is 5.91 Å². The summed E-state index contributed by atoms with van der Waals surface area (Å²) in [7, 11) is 0. The molecule has 0 aromatic carbocycles. The highest BCUT2D eigenvalue weighted by Crippen LogP contribution is 1.89. The molecule has 0 rings (SSSR count). The van der Waals surface area contributed by atoms with Crippen LogP contribution >= 0.6 is 0 Å². The smallest absolute Gasteiger partial charge is 0.217 e. The second kappa shape index (κ2) is 3.43. The van der Waals surface area contributed by atoms with Gasteiger partial charge in [-0.2, -0.15) is 0 Å². The van der Waals surface area contributed by atoms with Crippen molar-refractivity contribution in [2.75, 3.05) is 0 Å². The summed E-state index contributed by atoms with van der Waals surface area (Å²) in [5.41, 5.74) is 10.2. The molecule has 0 saturated carbocycles. The first-order chi connectivity index (χ1) is 3.63. The first-order valence-electron chi connectivity index (χ1n) is 2.67. The van der Waals surface area contributed by atoms with Gasteiger partial charge in [0, 0.05) is 12.5 Å². The third kappa shape index (κ3) is 5.43. The first-order valence-corrected chi connectivity index (χ1v) is 2.67. The van der Waals surface area contributed by atoms with Gasteiger partial charge in [0.15, 0.2) is 0 Å². The molecular formula is C5H12N2O. The lowest BCUT2D eigenvalue weighted by molar-refractivity contribution is -0.118. The average Bonchev–Trinajstić information content (AvgIpc) is 1.61. The molecule has 48 valence electrons. The Morgan fingerprint density at radius 2 is 2.25 bits per heavy atom. The van der Waals surface area contributed by atoms with Crippen LogP contribution < -0.4 is 11.5 Å². The van der Waals surface area contributed by atoms with E-state index in [4.69, 9.17) is 11.5 Å². The van der Waals surface area contributed by atoms with E-state index in [0.717, 1.165) is 0 Å². The van der Waals surface area contributed by atoms with Crippen molar-refractivity contribution in [3.8, 4) is 0 Å². The van der Waals surface area contributed by atoms with E-state index in [1.807, 2.05) is 6.92 Å². The topological polar surface area (TPSA) is 69.1 Å². The van der Waals surface area contributed by atoms with E-state index in [0.29, 0.717) is 12.8 Å². The number of carbonyl (C=O) groups is 1. The fourth-order valence-electron chi connectivity index (χ4n) is 0.370. The fraction of sp³-hybridized carbons (Fsp3) is 0.800. The maximum Gasteiger partial charge on any atom is 0.217 e. The van der Waals surface area contributed by atoms with Gasteiger partial charge >= 0.3 is 0 Å². The lowest BCUT2D eigenvalue weighted by Crippen LogP contribution is -2.19. The lowest BCUT2D eigenvalue weighted by atomic mass is 10.2. The molecule has 0 fully saturated rings. The minimum Gasteiger partial charge on any atom is -0.370 e. The van der Waals surface area contributed by atoms with Gasteiger partial charge in [-0.25, -0.2) is 0 Å². The van der Waals surface area contributed by atoms with Crippen LogP contribution in [0.1, 0.15) is 19.8 Å². The SMILES string of the molecule is C[C@H](N)CCC(N)=O. The van der Waals surface area contributed by atoms with Gasteiger partial charge in [0.1, 0.15) is 0 Å². The Hall–Kier alpha value is -0.570. The van der Waals surface area contributed by atoms with Gasteiger partial charge in [-0.05, 0) is 13.3 Å². The number of hydrogen-bond donors (Lipinski definition) is 2. The molecule has 1 amide bonds. The van der Waals surface area contributed by atoms with Gasteiger partial charge in [0.05, 0.1) is 0 Å². The monoisotopic (exact) mass is 116 g/mol. The molecule has 0 heterocycles. The summed E-state index contributed by atoms with van der Waals surface area (Å²) >= 11 is 0. The van der Waals surface area contributed by atoms with E-state index in [9.17, 15) is 4.79 Å². The Kier molecular flexibility index (Phi) is 3.19. The molecule has 0 aromatic rings. The molecule has 0 radical (unpaired) electrons. The molecule has 0 aliphatic rings. The molecule has 0 saturated heterocycles. The summed E-state index contributed by atoms with van der Waals surface area (Å²) in [6.45, 7) is 1.85. The number of rotatable bonds is 3. The van der Waals surface area contributed by atoms with Crippen LogP contribution in [0, 0.1) is 0 Å². The van der Waals surface area contributed by atoms with E-state index in [2.05, 4.69) is 0 Å². The Bertz CT molecular complexity index is 80.5. The maximum absolute atomic E-state index is 10.1. The Morgan fingerprint density at radius 1 is 1.75 bits per heavy atom. The van der Waals surface area contributed by atoms with Gasteiger partial charge in [-0.3, -0.25) is 4.79 Å². The number of carbonyl (C=O) groups excluding carboxylic acids is 1. The minimum absolute atomic E-state index is 0.0856. The molecular weight excluding hydrogens is 104 g/mol. The highest BCUT2D eigenvalue weighted by atomic mass is 16.1. The van der Waals surface area contributed by atoms with Crippen LogP contribution in [0.3, 0.4) is 0 Å². The quantitative estimate of drug-likeness (QED) is 0.526. The van der Waals surface area contributed by atoms with Crippen molar-refractivity contribution in [1.29, 1.82) is 0 Å². The molecule has 3 heteroatoms. The van der Waals surface area contributed by atoms with Gasteiger partial charge < -0.3 is 11.5 Å². The fourth-order valence-corrected chi connectivity index (χ4v) is 0.370. The zero-order valence-electron chi connectivity index (χ0n) is 5.05. The predicted octanol–water partition coefficient (Wildman–Crippen LogP) is -0.401. The minimum atomic E-state index is -0.276. The van der Waals surface area contributed by atoms with Gasteiger partial charge in [0.25, 0.3) is 0 Å². The van der Waals surface area contributed by atoms with Crippen LogP contribution in [-0.4, -0.2) is 11.9 Å². The van der Waals surface area contributed by atoms with Crippen LogP contribution in [0.15, 0.2) is 0 Å². The zero-order chi connectivity index (χ0) is 6.57. The van der Waals surface area contributed by atoms with E-state index < -0.39 is 0 Å². The molecule has 0 unspecified atom stereocenters. The molecule has 0 bridgehead atoms. The molecule has 4 N–H and O–H groups in total. The molecule has 8 heavy (non-hydrogen) atoms. The standard InChI is InChI=1S/C5H12N2O/c1-4(6)2-3-5(7)8/h4H,2-3,6H2,1H3,(H2,7,8)/t4-/m0/s1. The van der Waals surface area contributed by atoms with Crippen molar-refractivity contribution in [1.82, 2.24) is 0 Å². The van der Waals surface area contributed by atoms with Crippen LogP contribution in [0.2, 0.25) is 0 Å². The van der Waals surface area contributed by atoms with Gasteiger partial charge in [-0.1, -0.05) is 0 Å². The van der Waals surface area contributed by atoms with Crippen molar-refractivity contribution in [3.63, 3.8) is 0 Å². The summed E-state index contributed by atoms with van der Waals surface area (Å²) in [6, 6.07) is 0.0856. The van der Waals surface area contributed by atoms with E-state index in [-0.39, 0.29) is 11.9 Å². The molecule has 3 nitrogen and oxygen atoms in total. The number of amides is 1. The summed E-state index contributed by atoms with van der Waals surface area (Å²) in [5.74, 6) is -0.276. The number of nitrogens with two attached hydrogens (primary N) is 2. The zero-order valence-corrected chi connectivity index (χ0v) is 5.05. The summed E-state index contributed by atoms with van der Waals surface area (Å²) in [6.07, 6.45) is 1.09. The van der Waals surface area contributed by atoms with Crippen molar-refractivity contribution in [2.24, 2.45) is 11.5 Å². The van der Waals surface area contributed by atoms with Crippen LogP contribution in [0.4, 0.5) is 0 Å². The Morgan fingerprint density at radius 3 is 2.38 bits per heavy atom. The number of hydrogen-bond acceptors (Lipinski definition) is 2. The Balaban J connectivity index is 3.05. The van der Waals surface area contributed by atoms with Crippen molar-refractivity contribution >= 4 is 5.91 Å². The summed E-state index contributed by atoms with van der Waals surface area (Å²) < 4.78 is 0. The van der Waals surface area contributed by atoms with Gasteiger partial charge in [-0.15, -0.1) is 0 Å². The third-order valence-corrected chi connectivity index (χ3v) is 0.846. The summed E-state index contributed by atoms with van der Waals surface area (Å²) in [5, 5.41) is 0. The van der Waals surface area contributed by atoms with E-state index in [1.165, 1.54) is 0 Å². The Labute approximate surface area is 49.0 Å². The molecule has 0 aliphatic carbocycles. The van der Waals surface area contributed by atoms with Crippen LogP contribution in [0.5, 0.6) is 0 Å². The second-order valence-corrected chi connectivity index (χ2v) is 1.98. The molecule has 1 atom stereocenters. The van der Waals surface area contributed by atoms with E-state index >= 15 is 0 Å². The largest absolute Gasteiger partial charge is 0.370 e. The first kappa shape index (κ1) is 7.43. The number of primary amides is 1. The maximum atomic E-state index is 10.1.